The molecule has 0 unspecified atom stereocenters. The Labute approximate surface area is 211 Å². The Hall–Kier alpha value is -3.27. The minimum Gasteiger partial charge on any atom is -0.454 e. The third kappa shape index (κ3) is 5.75. The van der Waals surface area contributed by atoms with Crippen LogP contribution in [0.25, 0.3) is 0 Å². The first-order chi connectivity index (χ1) is 17.5. The van der Waals surface area contributed by atoms with E-state index in [1.165, 1.54) is 4.31 Å². The minimum atomic E-state index is -3.58. The van der Waals surface area contributed by atoms with Crippen molar-refractivity contribution in [1.82, 2.24) is 14.2 Å². The number of sulfonamides is 1. The van der Waals surface area contributed by atoms with E-state index in [1.807, 2.05) is 30.3 Å². The summed E-state index contributed by atoms with van der Waals surface area (Å²) in [6.07, 6.45) is 4.85. The average molecular weight is 508 g/mol. The molecule has 0 saturated carbocycles. The van der Waals surface area contributed by atoms with E-state index in [1.54, 1.807) is 36.7 Å². The van der Waals surface area contributed by atoms with Gasteiger partial charge in [-0.1, -0.05) is 24.3 Å². The van der Waals surface area contributed by atoms with Gasteiger partial charge in [0.1, 0.15) is 5.78 Å². The molecule has 9 heteroatoms. The maximum atomic E-state index is 13.2. The van der Waals surface area contributed by atoms with Crippen LogP contribution in [0.1, 0.15) is 23.1 Å². The number of hydrogen-bond donors (Lipinski definition) is 0. The molecule has 2 aliphatic rings. The smallest absolute Gasteiger partial charge is 0.243 e. The lowest BCUT2D eigenvalue weighted by Gasteiger charge is -2.34. The topological polar surface area (TPSA) is 89.0 Å². The molecule has 2 aliphatic heterocycles. The van der Waals surface area contributed by atoms with Gasteiger partial charge in [0.05, 0.1) is 4.90 Å². The maximum Gasteiger partial charge on any atom is 0.243 e. The quantitative estimate of drug-likeness (QED) is 0.440. The third-order valence-corrected chi connectivity index (χ3v) is 8.47. The number of benzene rings is 2. The minimum absolute atomic E-state index is 0.119. The van der Waals surface area contributed by atoms with Crippen LogP contribution in [-0.4, -0.2) is 61.4 Å². The predicted octanol–water partition coefficient (Wildman–Crippen LogP) is 3.06. The van der Waals surface area contributed by atoms with Gasteiger partial charge in [-0.05, 0) is 53.4 Å². The maximum absolute atomic E-state index is 13.2. The van der Waals surface area contributed by atoms with Crippen molar-refractivity contribution in [3.63, 3.8) is 0 Å². The Balaban J connectivity index is 1.12. The summed E-state index contributed by atoms with van der Waals surface area (Å²) in [5.41, 5.74) is 2.96. The summed E-state index contributed by atoms with van der Waals surface area (Å²) < 4.78 is 38.7. The number of rotatable bonds is 9. The van der Waals surface area contributed by atoms with Gasteiger partial charge in [0.25, 0.3) is 0 Å². The Morgan fingerprint density at radius 3 is 2.39 bits per heavy atom. The fourth-order valence-electron chi connectivity index (χ4n) is 4.50. The van der Waals surface area contributed by atoms with Crippen molar-refractivity contribution in [2.45, 2.75) is 30.7 Å². The second-order valence-electron chi connectivity index (χ2n) is 9.09. The molecule has 2 aromatic carbocycles. The molecular formula is C27H29N3O5S. The van der Waals surface area contributed by atoms with Crippen molar-refractivity contribution < 1.29 is 22.7 Å². The summed E-state index contributed by atoms with van der Waals surface area (Å²) in [5, 5.41) is 0. The molecule has 0 radical (unpaired) electrons. The van der Waals surface area contributed by atoms with Crippen LogP contribution in [0.3, 0.4) is 0 Å². The van der Waals surface area contributed by atoms with Crippen molar-refractivity contribution in [3.05, 3.63) is 83.7 Å². The highest BCUT2D eigenvalue weighted by atomic mass is 32.2. The van der Waals surface area contributed by atoms with Gasteiger partial charge in [-0.25, -0.2) is 8.42 Å². The predicted molar refractivity (Wildman–Crippen MR) is 134 cm³/mol. The van der Waals surface area contributed by atoms with Crippen LogP contribution < -0.4 is 9.47 Å². The first kappa shape index (κ1) is 24.4. The number of Topliss-reactive ketones (excluding diaryl/α,β-unsaturated/α-hetero) is 1. The fourth-order valence-corrected chi connectivity index (χ4v) is 5.92. The number of aromatic nitrogens is 1. The standard InChI is InChI=1S/C27H29N3O5S/c31-24(7-3-22-2-1-11-28-18-22)16-21-4-8-25(9-5-21)36(32,33)30-14-12-29(13-15-30)19-23-6-10-26-27(17-23)35-20-34-26/h1-2,4-6,8-11,17-18H,3,7,12-16,19-20H2. The lowest BCUT2D eigenvalue weighted by Crippen LogP contribution is -2.48. The summed E-state index contributed by atoms with van der Waals surface area (Å²) >= 11 is 0. The SMILES string of the molecule is O=C(CCc1cccnc1)Cc1ccc(S(=O)(=O)N2CCN(Cc3ccc4c(c3)OCO4)CC2)cc1. The molecule has 0 N–H and O–H groups in total. The van der Waals surface area contributed by atoms with Gasteiger partial charge >= 0.3 is 0 Å². The monoisotopic (exact) mass is 507 g/mol. The molecule has 0 amide bonds. The highest BCUT2D eigenvalue weighted by molar-refractivity contribution is 7.89. The molecule has 1 aromatic heterocycles. The Morgan fingerprint density at radius 1 is 0.889 bits per heavy atom. The van der Waals surface area contributed by atoms with E-state index in [-0.39, 0.29) is 17.5 Å². The van der Waals surface area contributed by atoms with Crippen LogP contribution in [0.2, 0.25) is 0 Å². The number of carbonyl (C=O) groups is 1. The summed E-state index contributed by atoms with van der Waals surface area (Å²) in [4.78, 5) is 18.9. The van der Waals surface area contributed by atoms with Crippen molar-refractivity contribution in [2.24, 2.45) is 0 Å². The molecule has 1 saturated heterocycles. The van der Waals surface area contributed by atoms with Gasteiger partial charge < -0.3 is 9.47 Å². The Morgan fingerprint density at radius 2 is 1.64 bits per heavy atom. The van der Waals surface area contributed by atoms with Crippen LogP contribution in [0.4, 0.5) is 0 Å². The number of fused-ring (bicyclic) bond motifs is 1. The third-order valence-electron chi connectivity index (χ3n) is 6.55. The number of carbonyl (C=O) groups excluding carboxylic acids is 1. The number of hydrogen-bond acceptors (Lipinski definition) is 7. The van der Waals surface area contributed by atoms with E-state index in [2.05, 4.69) is 9.88 Å². The van der Waals surface area contributed by atoms with Crippen LogP contribution in [0, 0.1) is 0 Å². The molecule has 0 aliphatic carbocycles. The summed E-state index contributed by atoms with van der Waals surface area (Å²) in [5.74, 6) is 1.63. The zero-order valence-electron chi connectivity index (χ0n) is 20.0. The van der Waals surface area contributed by atoms with Crippen LogP contribution >= 0.6 is 0 Å². The zero-order chi connectivity index (χ0) is 25.0. The van der Waals surface area contributed by atoms with Gasteiger partial charge in [0.2, 0.25) is 16.8 Å². The summed E-state index contributed by atoms with van der Waals surface area (Å²) in [6, 6.07) is 16.4. The lowest BCUT2D eigenvalue weighted by atomic mass is 10.0. The van der Waals surface area contributed by atoms with Crippen molar-refractivity contribution in [1.29, 1.82) is 0 Å². The van der Waals surface area contributed by atoms with E-state index >= 15 is 0 Å². The van der Waals surface area contributed by atoms with Gasteiger partial charge in [0, 0.05) is 58.0 Å². The molecule has 5 rings (SSSR count). The van der Waals surface area contributed by atoms with Crippen LogP contribution in [0.15, 0.2) is 71.9 Å². The molecule has 188 valence electrons. The summed E-state index contributed by atoms with van der Waals surface area (Å²) in [6.45, 7) is 3.14. The van der Waals surface area contributed by atoms with Crippen molar-refractivity contribution in [2.75, 3.05) is 33.0 Å². The molecule has 0 spiro atoms. The Kier molecular flexibility index (Phi) is 7.31. The largest absolute Gasteiger partial charge is 0.454 e. The fraction of sp³-hybridized carbons (Fsp3) is 0.333. The van der Waals surface area contributed by atoms with Gasteiger partial charge in [-0.2, -0.15) is 4.31 Å². The zero-order valence-corrected chi connectivity index (χ0v) is 20.8. The average Bonchev–Trinajstić information content (AvgIpc) is 3.37. The van der Waals surface area contributed by atoms with Gasteiger partial charge in [-0.3, -0.25) is 14.7 Å². The van der Waals surface area contributed by atoms with Gasteiger partial charge in [-0.15, -0.1) is 0 Å². The highest BCUT2D eigenvalue weighted by Crippen LogP contribution is 2.33. The molecule has 0 atom stereocenters. The number of ether oxygens (including phenoxy) is 2. The first-order valence-corrected chi connectivity index (χ1v) is 13.5. The summed E-state index contributed by atoms with van der Waals surface area (Å²) in [7, 11) is -3.58. The molecule has 8 nitrogen and oxygen atoms in total. The first-order valence-electron chi connectivity index (χ1n) is 12.1. The molecular weight excluding hydrogens is 478 g/mol. The highest BCUT2D eigenvalue weighted by Gasteiger charge is 2.28. The van der Waals surface area contributed by atoms with E-state index in [0.717, 1.165) is 34.7 Å². The van der Waals surface area contributed by atoms with E-state index < -0.39 is 10.0 Å². The van der Waals surface area contributed by atoms with Crippen molar-refractivity contribution >= 4 is 15.8 Å². The number of pyridine rings is 1. The molecule has 3 heterocycles. The number of ketones is 1. The molecule has 36 heavy (non-hydrogen) atoms. The van der Waals surface area contributed by atoms with Crippen LogP contribution in [-0.2, 0) is 34.2 Å². The second-order valence-corrected chi connectivity index (χ2v) is 11.0. The molecule has 1 fully saturated rings. The second kappa shape index (κ2) is 10.8. The normalized spacial score (nSPS) is 16.2. The molecule has 3 aromatic rings. The number of piperazine rings is 1. The van der Waals surface area contributed by atoms with Gasteiger partial charge in [0.15, 0.2) is 11.5 Å². The number of aryl methyl sites for hydroxylation is 1. The molecule has 0 bridgehead atoms. The number of nitrogens with zero attached hydrogens (tertiary/aromatic N) is 3. The van der Waals surface area contributed by atoms with E-state index in [0.29, 0.717) is 45.4 Å². The lowest BCUT2D eigenvalue weighted by molar-refractivity contribution is -0.118. The van der Waals surface area contributed by atoms with E-state index in [9.17, 15) is 13.2 Å². The Bertz CT molecular complexity index is 1300. The van der Waals surface area contributed by atoms with E-state index in [4.69, 9.17) is 9.47 Å². The van der Waals surface area contributed by atoms with Crippen LogP contribution in [0.5, 0.6) is 11.5 Å². The van der Waals surface area contributed by atoms with Crippen molar-refractivity contribution in [3.8, 4) is 11.5 Å².